The van der Waals surface area contributed by atoms with Crippen LogP contribution in [0.2, 0.25) is 0 Å². The summed E-state index contributed by atoms with van der Waals surface area (Å²) in [7, 11) is 3.39. The van der Waals surface area contributed by atoms with Gasteiger partial charge in [-0.25, -0.2) is 4.68 Å². The third-order valence-corrected chi connectivity index (χ3v) is 5.05. The van der Waals surface area contributed by atoms with E-state index in [9.17, 15) is 0 Å². The molecular formula is C22H30N6O2. The molecule has 0 saturated carbocycles. The Morgan fingerprint density at radius 2 is 1.87 bits per heavy atom. The van der Waals surface area contributed by atoms with Gasteiger partial charge < -0.3 is 19.9 Å². The highest BCUT2D eigenvalue weighted by Crippen LogP contribution is 2.22. The van der Waals surface area contributed by atoms with E-state index in [2.05, 4.69) is 39.7 Å². The van der Waals surface area contributed by atoms with E-state index in [0.717, 1.165) is 41.4 Å². The van der Waals surface area contributed by atoms with Crippen LogP contribution in [-0.2, 0) is 13.1 Å². The zero-order chi connectivity index (χ0) is 21.3. The lowest BCUT2D eigenvalue weighted by Crippen LogP contribution is -2.36. The lowest BCUT2D eigenvalue weighted by Gasteiger charge is -2.09. The molecule has 8 heteroatoms. The molecule has 0 amide bonds. The average Bonchev–Trinajstić information content (AvgIpc) is 3.45. The summed E-state index contributed by atoms with van der Waals surface area (Å²) in [5, 5.41) is 15.3. The van der Waals surface area contributed by atoms with E-state index in [1.165, 1.54) is 0 Å². The Labute approximate surface area is 177 Å². The fourth-order valence-electron chi connectivity index (χ4n) is 3.21. The second-order valence-electron chi connectivity index (χ2n) is 6.96. The second kappa shape index (κ2) is 10.5. The molecule has 2 aromatic heterocycles. The third kappa shape index (κ3) is 5.40. The maximum absolute atomic E-state index is 5.46. The van der Waals surface area contributed by atoms with Crippen LogP contribution < -0.4 is 15.4 Å². The average molecular weight is 411 g/mol. The molecule has 0 atom stereocenters. The number of aromatic nitrogens is 3. The molecule has 0 spiro atoms. The van der Waals surface area contributed by atoms with Gasteiger partial charge in [0, 0.05) is 25.2 Å². The predicted octanol–water partition coefficient (Wildman–Crippen LogP) is 3.64. The predicted molar refractivity (Wildman–Crippen MR) is 117 cm³/mol. The molecule has 0 unspecified atom stereocenters. The van der Waals surface area contributed by atoms with Crippen LogP contribution in [0.4, 0.5) is 0 Å². The van der Waals surface area contributed by atoms with E-state index >= 15 is 0 Å². The number of guanidine groups is 1. The minimum absolute atomic E-state index is 0.445. The van der Waals surface area contributed by atoms with Gasteiger partial charge in [-0.3, -0.25) is 4.99 Å². The van der Waals surface area contributed by atoms with Gasteiger partial charge >= 0.3 is 0 Å². The first-order valence-electron chi connectivity index (χ1n) is 10.3. The molecule has 8 nitrogen and oxygen atoms in total. The van der Waals surface area contributed by atoms with E-state index in [4.69, 9.17) is 9.26 Å². The highest BCUT2D eigenvalue weighted by molar-refractivity contribution is 5.79. The van der Waals surface area contributed by atoms with E-state index in [-0.39, 0.29) is 0 Å². The number of hydrogen-bond donors (Lipinski definition) is 2. The summed E-state index contributed by atoms with van der Waals surface area (Å²) in [6.07, 6.45) is 4.05. The molecule has 0 radical (unpaired) electrons. The molecule has 0 saturated heterocycles. The smallest absolute Gasteiger partial charge is 0.191 e. The molecule has 0 bridgehead atoms. The van der Waals surface area contributed by atoms with Gasteiger partial charge in [0.15, 0.2) is 11.7 Å². The Kier molecular flexibility index (Phi) is 7.48. The molecule has 2 N–H and O–H groups in total. The zero-order valence-electron chi connectivity index (χ0n) is 18.1. The van der Waals surface area contributed by atoms with Gasteiger partial charge in [-0.1, -0.05) is 19.0 Å². The normalized spacial score (nSPS) is 11.7. The number of benzene rings is 1. The summed E-state index contributed by atoms with van der Waals surface area (Å²) in [5.74, 6) is 2.74. The molecule has 1 aromatic carbocycles. The van der Waals surface area contributed by atoms with Crippen molar-refractivity contribution in [2.75, 3.05) is 14.2 Å². The Morgan fingerprint density at radius 1 is 1.13 bits per heavy atom. The Balaban J connectivity index is 1.51. The van der Waals surface area contributed by atoms with E-state index in [1.54, 1.807) is 14.2 Å². The second-order valence-corrected chi connectivity index (χ2v) is 6.96. The minimum Gasteiger partial charge on any atom is -0.497 e. The summed E-state index contributed by atoms with van der Waals surface area (Å²) >= 11 is 0. The molecule has 0 aliphatic heterocycles. The lowest BCUT2D eigenvalue weighted by atomic mass is 9.99. The van der Waals surface area contributed by atoms with Gasteiger partial charge in [0.2, 0.25) is 0 Å². The van der Waals surface area contributed by atoms with Crippen LogP contribution in [0.3, 0.4) is 0 Å². The molecule has 30 heavy (non-hydrogen) atoms. The van der Waals surface area contributed by atoms with Crippen molar-refractivity contribution in [1.82, 2.24) is 25.6 Å². The molecule has 3 aromatic rings. The van der Waals surface area contributed by atoms with Crippen molar-refractivity contribution >= 4 is 5.96 Å². The van der Waals surface area contributed by atoms with Gasteiger partial charge in [0.25, 0.3) is 0 Å². The molecular weight excluding hydrogens is 380 g/mol. The van der Waals surface area contributed by atoms with Gasteiger partial charge in [0.05, 0.1) is 37.3 Å². The quantitative estimate of drug-likeness (QED) is 0.414. The van der Waals surface area contributed by atoms with Crippen LogP contribution in [0.5, 0.6) is 5.75 Å². The standard InChI is InChI=1S/C22H30N6O2/c1-5-16(6-2)21-13-20(30-27-21)15-25-22(23-3)24-14-17-11-12-28(26-17)18-7-9-19(29-4)10-8-18/h7-13,16H,5-6,14-15H2,1-4H3,(H2,23,24,25). The monoisotopic (exact) mass is 410 g/mol. The van der Waals surface area contributed by atoms with Crippen LogP contribution in [0.1, 0.15) is 49.8 Å². The molecule has 3 rings (SSSR count). The summed E-state index contributed by atoms with van der Waals surface area (Å²) < 4.78 is 12.5. The summed E-state index contributed by atoms with van der Waals surface area (Å²) in [4.78, 5) is 4.26. The number of nitrogens with zero attached hydrogens (tertiary/aromatic N) is 4. The minimum atomic E-state index is 0.445. The molecule has 2 heterocycles. The topological polar surface area (TPSA) is 89.5 Å². The highest BCUT2D eigenvalue weighted by atomic mass is 16.5. The molecule has 160 valence electrons. The molecule has 0 aliphatic carbocycles. The number of methoxy groups -OCH3 is 1. The number of aliphatic imine (C=N–C) groups is 1. The van der Waals surface area contributed by atoms with Crippen molar-refractivity contribution in [3.8, 4) is 11.4 Å². The fraction of sp³-hybridized carbons (Fsp3) is 0.409. The lowest BCUT2D eigenvalue weighted by molar-refractivity contribution is 0.368. The summed E-state index contributed by atoms with van der Waals surface area (Å²) in [6.45, 7) is 5.41. The van der Waals surface area contributed by atoms with Crippen LogP contribution in [0, 0.1) is 0 Å². The van der Waals surface area contributed by atoms with E-state index in [1.807, 2.05) is 47.3 Å². The SMILES string of the molecule is CCC(CC)c1cc(CNC(=NC)NCc2ccn(-c3ccc(OC)cc3)n2)on1. The fourth-order valence-corrected chi connectivity index (χ4v) is 3.21. The number of hydrogen-bond acceptors (Lipinski definition) is 5. The first kappa shape index (κ1) is 21.4. The highest BCUT2D eigenvalue weighted by Gasteiger charge is 2.13. The number of nitrogens with one attached hydrogen (secondary N) is 2. The Bertz CT molecular complexity index is 941. The van der Waals surface area contributed by atoms with Gasteiger partial charge in [-0.15, -0.1) is 0 Å². The van der Waals surface area contributed by atoms with Crippen LogP contribution >= 0.6 is 0 Å². The maximum atomic E-state index is 5.46. The Hall–Kier alpha value is -3.29. The van der Waals surface area contributed by atoms with Crippen LogP contribution in [0.15, 0.2) is 52.1 Å². The van der Waals surface area contributed by atoms with Crippen molar-refractivity contribution in [2.45, 2.75) is 45.7 Å². The first-order chi connectivity index (χ1) is 14.7. The van der Waals surface area contributed by atoms with Gasteiger partial charge in [0.1, 0.15) is 5.75 Å². The first-order valence-corrected chi connectivity index (χ1v) is 10.3. The number of ether oxygens (including phenoxy) is 1. The van der Waals surface area contributed by atoms with Crippen LogP contribution in [0.25, 0.3) is 5.69 Å². The number of rotatable bonds is 9. The van der Waals surface area contributed by atoms with Crippen molar-refractivity contribution < 1.29 is 9.26 Å². The molecule has 0 aliphatic rings. The van der Waals surface area contributed by atoms with Gasteiger partial charge in [-0.2, -0.15) is 5.10 Å². The van der Waals surface area contributed by atoms with E-state index < -0.39 is 0 Å². The van der Waals surface area contributed by atoms with Crippen molar-refractivity contribution in [2.24, 2.45) is 4.99 Å². The zero-order valence-corrected chi connectivity index (χ0v) is 18.1. The van der Waals surface area contributed by atoms with Crippen LogP contribution in [-0.4, -0.2) is 35.1 Å². The van der Waals surface area contributed by atoms with Gasteiger partial charge in [-0.05, 0) is 43.2 Å². The molecule has 0 fully saturated rings. The largest absolute Gasteiger partial charge is 0.497 e. The van der Waals surface area contributed by atoms with Crippen molar-refractivity contribution in [3.05, 3.63) is 59.7 Å². The Morgan fingerprint density at radius 3 is 2.53 bits per heavy atom. The summed E-state index contributed by atoms with van der Waals surface area (Å²) in [5.41, 5.74) is 2.90. The van der Waals surface area contributed by atoms with Crippen molar-refractivity contribution in [3.63, 3.8) is 0 Å². The van der Waals surface area contributed by atoms with E-state index in [0.29, 0.717) is 25.0 Å². The van der Waals surface area contributed by atoms with Crippen molar-refractivity contribution in [1.29, 1.82) is 0 Å². The summed E-state index contributed by atoms with van der Waals surface area (Å²) in [6, 6.07) is 11.8. The maximum Gasteiger partial charge on any atom is 0.191 e. The third-order valence-electron chi connectivity index (χ3n) is 5.05.